The van der Waals surface area contributed by atoms with Crippen LogP contribution >= 0.6 is 0 Å². The lowest BCUT2D eigenvalue weighted by molar-refractivity contribution is -0.137. The van der Waals surface area contributed by atoms with Crippen LogP contribution in [0, 0.1) is 0 Å². The van der Waals surface area contributed by atoms with E-state index in [1.807, 2.05) is 0 Å². The maximum atomic E-state index is 12.4. The zero-order chi connectivity index (χ0) is 15.5. The predicted molar refractivity (Wildman–Crippen MR) is 70.0 cm³/mol. The smallest absolute Gasteiger partial charge is 0.416 e. The first kappa shape index (κ1) is 15.2. The van der Waals surface area contributed by atoms with E-state index < -0.39 is 17.8 Å². The van der Waals surface area contributed by atoms with Crippen molar-refractivity contribution >= 4 is 0 Å². The summed E-state index contributed by atoms with van der Waals surface area (Å²) in [4.78, 5) is 0. The van der Waals surface area contributed by atoms with Crippen molar-refractivity contribution in [2.75, 3.05) is 6.61 Å². The van der Waals surface area contributed by atoms with Crippen LogP contribution in [0.4, 0.5) is 13.2 Å². The molecule has 0 aliphatic carbocycles. The number of aliphatic hydroxyl groups excluding tert-OH is 1. The molecule has 21 heavy (non-hydrogen) atoms. The first-order chi connectivity index (χ1) is 9.88. The molecule has 0 aliphatic rings. The lowest BCUT2D eigenvalue weighted by atomic mass is 10.1. The zero-order valence-corrected chi connectivity index (χ0v) is 10.8. The lowest BCUT2D eigenvalue weighted by Crippen LogP contribution is -2.11. The van der Waals surface area contributed by atoms with Crippen LogP contribution in [-0.4, -0.2) is 16.8 Å². The molecule has 6 heteroatoms. The molecule has 0 fully saturated rings. The first-order valence-electron chi connectivity index (χ1n) is 6.14. The Morgan fingerprint density at radius 3 is 2.19 bits per heavy atom. The largest absolute Gasteiger partial charge is 0.504 e. The van der Waals surface area contributed by atoms with Gasteiger partial charge in [0.05, 0.1) is 5.56 Å². The molecule has 0 aromatic heterocycles. The summed E-state index contributed by atoms with van der Waals surface area (Å²) in [5.41, 5.74) is -0.474. The normalized spacial score (nSPS) is 13.0. The maximum Gasteiger partial charge on any atom is 0.416 e. The van der Waals surface area contributed by atoms with E-state index in [0.717, 1.165) is 12.1 Å². The maximum absolute atomic E-state index is 12.4. The molecular formula is C15H13F3O3. The lowest BCUT2D eigenvalue weighted by Gasteiger charge is -2.14. The first-order valence-corrected chi connectivity index (χ1v) is 6.14. The van der Waals surface area contributed by atoms with Crippen molar-refractivity contribution in [1.29, 1.82) is 0 Å². The molecule has 1 unspecified atom stereocenters. The quantitative estimate of drug-likeness (QED) is 0.908. The molecule has 0 radical (unpaired) electrons. The summed E-state index contributed by atoms with van der Waals surface area (Å²) in [5, 5.41) is 19.4. The highest BCUT2D eigenvalue weighted by atomic mass is 19.4. The van der Waals surface area contributed by atoms with E-state index in [1.165, 1.54) is 24.3 Å². The molecule has 0 amide bonds. The minimum atomic E-state index is -4.41. The molecular weight excluding hydrogens is 285 g/mol. The van der Waals surface area contributed by atoms with Crippen LogP contribution in [0.5, 0.6) is 11.5 Å². The van der Waals surface area contributed by atoms with Gasteiger partial charge in [0.25, 0.3) is 0 Å². The molecule has 0 bridgehead atoms. The summed E-state index contributed by atoms with van der Waals surface area (Å²) in [6.45, 7) is -0.178. The molecule has 3 nitrogen and oxygen atoms in total. The summed E-state index contributed by atoms with van der Waals surface area (Å²) in [6, 6.07) is 10.4. The molecule has 0 spiro atoms. The van der Waals surface area contributed by atoms with Gasteiger partial charge in [-0.1, -0.05) is 24.3 Å². The third-order valence-corrected chi connectivity index (χ3v) is 2.88. The zero-order valence-electron chi connectivity index (χ0n) is 10.8. The molecule has 2 aromatic carbocycles. The number of hydrogen-bond acceptors (Lipinski definition) is 3. The molecule has 0 heterocycles. The van der Waals surface area contributed by atoms with Crippen molar-refractivity contribution in [3.8, 4) is 11.5 Å². The van der Waals surface area contributed by atoms with Crippen LogP contribution in [0.25, 0.3) is 0 Å². The minimum absolute atomic E-state index is 0.0721. The van der Waals surface area contributed by atoms with E-state index in [9.17, 15) is 23.4 Å². The van der Waals surface area contributed by atoms with Gasteiger partial charge in [0.2, 0.25) is 0 Å². The molecule has 1 atom stereocenters. The van der Waals surface area contributed by atoms with Crippen LogP contribution in [0.2, 0.25) is 0 Å². The Morgan fingerprint density at radius 2 is 1.62 bits per heavy atom. The van der Waals surface area contributed by atoms with E-state index in [1.54, 1.807) is 12.1 Å². The van der Waals surface area contributed by atoms with Crippen molar-refractivity contribution in [2.24, 2.45) is 0 Å². The van der Waals surface area contributed by atoms with Gasteiger partial charge in [0.15, 0.2) is 11.5 Å². The van der Waals surface area contributed by atoms with E-state index in [0.29, 0.717) is 5.56 Å². The molecule has 2 rings (SSSR count). The second-order valence-corrected chi connectivity index (χ2v) is 4.41. The third-order valence-electron chi connectivity index (χ3n) is 2.88. The van der Waals surface area contributed by atoms with Gasteiger partial charge in [-0.3, -0.25) is 0 Å². The van der Waals surface area contributed by atoms with Crippen LogP contribution in [0.15, 0.2) is 48.5 Å². The fourth-order valence-corrected chi connectivity index (χ4v) is 1.74. The van der Waals surface area contributed by atoms with E-state index >= 15 is 0 Å². The second kappa shape index (κ2) is 6.05. The Morgan fingerprint density at radius 1 is 1.00 bits per heavy atom. The molecule has 0 saturated heterocycles. The number of aromatic hydroxyl groups is 1. The summed E-state index contributed by atoms with van der Waals surface area (Å²) < 4.78 is 42.5. The van der Waals surface area contributed by atoms with Crippen molar-refractivity contribution in [3.63, 3.8) is 0 Å². The summed E-state index contributed by atoms with van der Waals surface area (Å²) in [7, 11) is 0. The topological polar surface area (TPSA) is 49.7 Å². The Hall–Kier alpha value is -2.21. The fraction of sp³-hybridized carbons (Fsp3) is 0.200. The molecule has 2 N–H and O–H groups in total. The highest BCUT2D eigenvalue weighted by Crippen LogP contribution is 2.30. The molecule has 112 valence electrons. The van der Waals surface area contributed by atoms with Gasteiger partial charge in [-0.25, -0.2) is 0 Å². The Balaban J connectivity index is 2.01. The summed E-state index contributed by atoms with van der Waals surface area (Å²) in [6.07, 6.45) is -5.50. The molecule has 0 aliphatic heterocycles. The highest BCUT2D eigenvalue weighted by Gasteiger charge is 2.30. The van der Waals surface area contributed by atoms with Crippen molar-refractivity contribution < 1.29 is 28.1 Å². The molecule has 2 aromatic rings. The van der Waals surface area contributed by atoms with Gasteiger partial charge >= 0.3 is 6.18 Å². The number of ether oxygens (including phenoxy) is 1. The second-order valence-electron chi connectivity index (χ2n) is 4.41. The number of aliphatic hydroxyl groups is 1. The molecule has 0 saturated carbocycles. The Bertz CT molecular complexity index is 594. The predicted octanol–water partition coefficient (Wildman–Crippen LogP) is 3.52. The third kappa shape index (κ3) is 3.88. The number of rotatable bonds is 4. The van der Waals surface area contributed by atoms with Crippen LogP contribution in [0.1, 0.15) is 17.2 Å². The number of halogens is 3. The van der Waals surface area contributed by atoms with Crippen LogP contribution < -0.4 is 4.74 Å². The Kier molecular flexibility index (Phi) is 4.37. The number of para-hydroxylation sites is 2. The summed E-state index contributed by atoms with van der Waals surface area (Å²) >= 11 is 0. The van der Waals surface area contributed by atoms with Gasteiger partial charge in [0, 0.05) is 0 Å². The Labute approximate surface area is 119 Å². The monoisotopic (exact) mass is 298 g/mol. The fourth-order valence-electron chi connectivity index (χ4n) is 1.74. The average Bonchev–Trinajstić information content (AvgIpc) is 2.45. The SMILES string of the molecule is Oc1ccccc1OCC(O)c1ccc(C(F)(F)F)cc1. The number of hydrogen-bond donors (Lipinski definition) is 2. The van der Waals surface area contributed by atoms with Gasteiger partial charge in [0.1, 0.15) is 12.7 Å². The van der Waals surface area contributed by atoms with E-state index in [-0.39, 0.29) is 18.1 Å². The highest BCUT2D eigenvalue weighted by molar-refractivity contribution is 5.38. The van der Waals surface area contributed by atoms with Gasteiger partial charge in [-0.2, -0.15) is 13.2 Å². The van der Waals surface area contributed by atoms with Crippen molar-refractivity contribution in [1.82, 2.24) is 0 Å². The number of phenols is 1. The van der Waals surface area contributed by atoms with Crippen molar-refractivity contribution in [3.05, 3.63) is 59.7 Å². The van der Waals surface area contributed by atoms with Gasteiger partial charge < -0.3 is 14.9 Å². The van der Waals surface area contributed by atoms with E-state index in [2.05, 4.69) is 0 Å². The average molecular weight is 298 g/mol. The summed E-state index contributed by atoms with van der Waals surface area (Å²) in [5.74, 6) is 0.126. The standard InChI is InChI=1S/C15H13F3O3/c16-15(17,18)11-7-5-10(6-8-11)13(20)9-21-14-4-2-1-3-12(14)19/h1-8,13,19-20H,9H2. The van der Waals surface area contributed by atoms with Gasteiger partial charge in [-0.15, -0.1) is 0 Å². The van der Waals surface area contributed by atoms with Crippen LogP contribution in [0.3, 0.4) is 0 Å². The number of benzene rings is 2. The van der Waals surface area contributed by atoms with Crippen molar-refractivity contribution in [2.45, 2.75) is 12.3 Å². The van der Waals surface area contributed by atoms with Crippen LogP contribution in [-0.2, 0) is 6.18 Å². The number of alkyl halides is 3. The minimum Gasteiger partial charge on any atom is -0.504 e. The number of phenolic OH excluding ortho intramolecular Hbond substituents is 1. The van der Waals surface area contributed by atoms with Gasteiger partial charge in [-0.05, 0) is 29.8 Å². The van der Waals surface area contributed by atoms with E-state index in [4.69, 9.17) is 4.74 Å².